The van der Waals surface area contributed by atoms with Crippen molar-refractivity contribution in [1.29, 1.82) is 0 Å². The maximum atomic E-state index is 13.6. The average Bonchev–Trinajstić information content (AvgIpc) is 2.75. The molecule has 0 fully saturated rings. The molecule has 0 saturated carbocycles. The summed E-state index contributed by atoms with van der Waals surface area (Å²) in [6.45, 7) is 9.90. The highest BCUT2D eigenvalue weighted by atomic mass is 32.2. The van der Waals surface area contributed by atoms with E-state index in [1.807, 2.05) is 65.0 Å². The third-order valence-electron chi connectivity index (χ3n) is 5.58. The molecule has 1 atom stereocenters. The minimum absolute atomic E-state index is 0.210. The fourth-order valence-corrected chi connectivity index (χ4v) is 4.72. The van der Waals surface area contributed by atoms with Crippen molar-refractivity contribution in [2.24, 2.45) is 0 Å². The lowest BCUT2D eigenvalue weighted by Crippen LogP contribution is -2.52. The molecule has 0 spiro atoms. The molecule has 0 heterocycles. The monoisotopic (exact) mass is 487 g/mol. The number of nitrogens with one attached hydrogen (secondary N) is 1. The maximum absolute atomic E-state index is 13.6. The van der Waals surface area contributed by atoms with Crippen LogP contribution in [0.3, 0.4) is 0 Å². The second kappa shape index (κ2) is 12.0. The number of sulfonamides is 1. The Balaban J connectivity index is 2.44. The summed E-state index contributed by atoms with van der Waals surface area (Å²) in [5.41, 5.74) is 4.20. The predicted molar refractivity (Wildman–Crippen MR) is 137 cm³/mol. The zero-order valence-electron chi connectivity index (χ0n) is 21.1. The molecule has 0 aromatic heterocycles. The summed E-state index contributed by atoms with van der Waals surface area (Å²) in [6, 6.07) is 12.5. The van der Waals surface area contributed by atoms with Gasteiger partial charge < -0.3 is 10.2 Å². The molecule has 0 saturated heterocycles. The van der Waals surface area contributed by atoms with Crippen LogP contribution in [0.5, 0.6) is 0 Å². The van der Waals surface area contributed by atoms with Gasteiger partial charge in [-0.1, -0.05) is 49.7 Å². The van der Waals surface area contributed by atoms with Crippen LogP contribution >= 0.6 is 0 Å². The van der Waals surface area contributed by atoms with Crippen LogP contribution in [-0.4, -0.2) is 50.5 Å². The van der Waals surface area contributed by atoms with E-state index < -0.39 is 22.0 Å². The molecule has 8 heteroatoms. The van der Waals surface area contributed by atoms with E-state index >= 15 is 0 Å². The van der Waals surface area contributed by atoms with Gasteiger partial charge in [0.05, 0.1) is 11.9 Å². The highest BCUT2D eigenvalue weighted by molar-refractivity contribution is 7.92. The Morgan fingerprint density at radius 1 is 0.941 bits per heavy atom. The van der Waals surface area contributed by atoms with Gasteiger partial charge in [-0.15, -0.1) is 0 Å². The molecule has 0 bridgehead atoms. The maximum Gasteiger partial charge on any atom is 0.244 e. The van der Waals surface area contributed by atoms with Crippen molar-refractivity contribution in [1.82, 2.24) is 10.2 Å². The van der Waals surface area contributed by atoms with Crippen molar-refractivity contribution in [3.63, 3.8) is 0 Å². The van der Waals surface area contributed by atoms with E-state index in [0.29, 0.717) is 18.7 Å². The molecule has 0 aliphatic carbocycles. The van der Waals surface area contributed by atoms with Gasteiger partial charge in [0.15, 0.2) is 0 Å². The van der Waals surface area contributed by atoms with Crippen LogP contribution in [0.2, 0.25) is 0 Å². The number of hydrogen-bond acceptors (Lipinski definition) is 4. The van der Waals surface area contributed by atoms with Crippen LogP contribution in [0.25, 0.3) is 0 Å². The first-order valence-corrected chi connectivity index (χ1v) is 13.5. The lowest BCUT2D eigenvalue weighted by Gasteiger charge is -2.33. The highest BCUT2D eigenvalue weighted by Crippen LogP contribution is 2.22. The van der Waals surface area contributed by atoms with E-state index in [4.69, 9.17) is 0 Å². The third kappa shape index (κ3) is 7.58. The Labute approximate surface area is 204 Å². The molecule has 34 heavy (non-hydrogen) atoms. The van der Waals surface area contributed by atoms with E-state index in [-0.39, 0.29) is 19.0 Å². The fraction of sp³-hybridized carbons (Fsp3) is 0.462. The smallest absolute Gasteiger partial charge is 0.244 e. The number of carbonyl (C=O) groups is 2. The largest absolute Gasteiger partial charge is 0.354 e. The summed E-state index contributed by atoms with van der Waals surface area (Å²) in [5, 5.41) is 2.88. The third-order valence-corrected chi connectivity index (χ3v) is 6.72. The van der Waals surface area contributed by atoms with Gasteiger partial charge >= 0.3 is 0 Å². The van der Waals surface area contributed by atoms with Crippen molar-refractivity contribution in [3.05, 3.63) is 64.7 Å². The standard InChI is InChI=1S/C26H37N3O4S/c1-7-13-27-26(31)24(8-2)28(17-22-11-9-19(3)10-12-22)25(30)18-29(34(6,32)33)23-15-20(4)14-21(5)16-23/h9-12,14-16,24H,7-8,13,17-18H2,1-6H3,(H,27,31)/t24-/m0/s1. The predicted octanol–water partition coefficient (Wildman–Crippen LogP) is 3.71. The van der Waals surface area contributed by atoms with Gasteiger partial charge in [-0.3, -0.25) is 13.9 Å². The molecular formula is C26H37N3O4S. The first kappa shape index (κ1) is 27.4. The molecule has 1 N–H and O–H groups in total. The molecule has 0 aliphatic rings. The van der Waals surface area contributed by atoms with Crippen molar-refractivity contribution in [2.45, 2.75) is 60.0 Å². The number of benzene rings is 2. The highest BCUT2D eigenvalue weighted by Gasteiger charge is 2.31. The van der Waals surface area contributed by atoms with E-state index in [1.165, 1.54) is 4.90 Å². The zero-order valence-corrected chi connectivity index (χ0v) is 21.9. The van der Waals surface area contributed by atoms with Crippen molar-refractivity contribution in [3.8, 4) is 0 Å². The number of anilines is 1. The first-order valence-electron chi connectivity index (χ1n) is 11.6. The van der Waals surface area contributed by atoms with Gasteiger partial charge in [-0.2, -0.15) is 0 Å². The van der Waals surface area contributed by atoms with Gasteiger partial charge in [0.2, 0.25) is 21.8 Å². The van der Waals surface area contributed by atoms with Gasteiger partial charge in [0, 0.05) is 13.1 Å². The Morgan fingerprint density at radius 3 is 2.03 bits per heavy atom. The Kier molecular flexibility index (Phi) is 9.67. The molecule has 0 radical (unpaired) electrons. The average molecular weight is 488 g/mol. The molecule has 0 unspecified atom stereocenters. The summed E-state index contributed by atoms with van der Waals surface area (Å²) in [7, 11) is -3.74. The van der Waals surface area contributed by atoms with Crippen LogP contribution < -0.4 is 9.62 Å². The van der Waals surface area contributed by atoms with E-state index in [2.05, 4.69) is 5.32 Å². The van der Waals surface area contributed by atoms with E-state index in [9.17, 15) is 18.0 Å². The van der Waals surface area contributed by atoms with Crippen LogP contribution in [0.4, 0.5) is 5.69 Å². The first-order chi connectivity index (χ1) is 16.0. The second-order valence-corrected chi connectivity index (χ2v) is 10.7. The molecule has 0 aliphatic heterocycles. The molecule has 2 aromatic rings. The minimum atomic E-state index is -3.74. The number of carbonyl (C=O) groups excluding carboxylic acids is 2. The molecule has 2 rings (SSSR count). The second-order valence-electron chi connectivity index (χ2n) is 8.84. The van der Waals surface area contributed by atoms with Crippen LogP contribution in [0.1, 0.15) is 48.9 Å². The summed E-state index contributed by atoms with van der Waals surface area (Å²) in [5.74, 6) is -0.661. The SMILES string of the molecule is CCCNC(=O)[C@H](CC)N(Cc1ccc(C)cc1)C(=O)CN(c1cc(C)cc(C)c1)S(C)(=O)=O. The topological polar surface area (TPSA) is 86.8 Å². The quantitative estimate of drug-likeness (QED) is 0.523. The summed E-state index contributed by atoms with van der Waals surface area (Å²) in [6.07, 6.45) is 2.28. The number of aryl methyl sites for hydroxylation is 3. The van der Waals surface area contributed by atoms with Crippen LogP contribution in [-0.2, 0) is 26.2 Å². The van der Waals surface area contributed by atoms with Crippen LogP contribution in [0, 0.1) is 20.8 Å². The lowest BCUT2D eigenvalue weighted by molar-refractivity contribution is -0.140. The Bertz CT molecular complexity index is 1080. The summed E-state index contributed by atoms with van der Waals surface area (Å²) >= 11 is 0. The number of amides is 2. The molecule has 2 amide bonds. The summed E-state index contributed by atoms with van der Waals surface area (Å²) in [4.78, 5) is 28.1. The van der Waals surface area contributed by atoms with E-state index in [1.54, 1.807) is 12.1 Å². The Morgan fingerprint density at radius 2 is 1.53 bits per heavy atom. The van der Waals surface area contributed by atoms with Crippen molar-refractivity contribution >= 4 is 27.5 Å². The minimum Gasteiger partial charge on any atom is -0.354 e. The van der Waals surface area contributed by atoms with Gasteiger partial charge in [0.25, 0.3) is 0 Å². The van der Waals surface area contributed by atoms with Crippen LogP contribution in [0.15, 0.2) is 42.5 Å². The van der Waals surface area contributed by atoms with Crippen molar-refractivity contribution < 1.29 is 18.0 Å². The molecule has 186 valence electrons. The van der Waals surface area contributed by atoms with Gasteiger partial charge in [-0.25, -0.2) is 8.42 Å². The molecule has 2 aromatic carbocycles. The Hall–Kier alpha value is -2.87. The van der Waals surface area contributed by atoms with Crippen molar-refractivity contribution in [2.75, 3.05) is 23.7 Å². The lowest BCUT2D eigenvalue weighted by atomic mass is 10.1. The van der Waals surface area contributed by atoms with Gasteiger partial charge in [-0.05, 0) is 62.4 Å². The molecular weight excluding hydrogens is 450 g/mol. The zero-order chi connectivity index (χ0) is 25.5. The normalized spacial score (nSPS) is 12.2. The molecule has 7 nitrogen and oxygen atoms in total. The van der Waals surface area contributed by atoms with Gasteiger partial charge in [0.1, 0.15) is 12.6 Å². The summed E-state index contributed by atoms with van der Waals surface area (Å²) < 4.78 is 26.5. The number of rotatable bonds is 11. The fourth-order valence-electron chi connectivity index (χ4n) is 3.88. The number of nitrogens with zero attached hydrogens (tertiary/aromatic N) is 2. The number of hydrogen-bond donors (Lipinski definition) is 1. The van der Waals surface area contributed by atoms with E-state index in [0.717, 1.165) is 39.2 Å².